The van der Waals surface area contributed by atoms with Gasteiger partial charge in [0.05, 0.1) is 5.69 Å². The van der Waals surface area contributed by atoms with Gasteiger partial charge in [0.1, 0.15) is 12.3 Å². The van der Waals surface area contributed by atoms with Crippen LogP contribution in [0.2, 0.25) is 0 Å². The lowest BCUT2D eigenvalue weighted by molar-refractivity contribution is -0.121. The Morgan fingerprint density at radius 2 is 1.82 bits per heavy atom. The Morgan fingerprint density at radius 1 is 1.09 bits per heavy atom. The van der Waals surface area contributed by atoms with E-state index in [1.165, 1.54) is 0 Å². The van der Waals surface area contributed by atoms with Gasteiger partial charge in [-0.15, -0.1) is 0 Å². The topological polar surface area (TPSA) is 97.0 Å². The summed E-state index contributed by atoms with van der Waals surface area (Å²) in [5.74, 6) is 1.32. The SMILES string of the molecule is CC(C)C1CCC(C(=O)Nc2nc(-c3ccccn3)c(OCc3ccccc3)c(=O)[nH]2)CC1. The van der Waals surface area contributed by atoms with Gasteiger partial charge >= 0.3 is 0 Å². The first-order valence-corrected chi connectivity index (χ1v) is 11.5. The maximum Gasteiger partial charge on any atom is 0.295 e. The molecule has 7 nitrogen and oxygen atoms in total. The molecule has 4 rings (SSSR count). The van der Waals surface area contributed by atoms with Crippen LogP contribution in [0.1, 0.15) is 45.1 Å². The molecule has 2 aromatic heterocycles. The summed E-state index contributed by atoms with van der Waals surface area (Å²) in [4.78, 5) is 37.3. The molecule has 2 N–H and O–H groups in total. The Balaban J connectivity index is 1.55. The summed E-state index contributed by atoms with van der Waals surface area (Å²) in [7, 11) is 0. The number of hydrogen-bond acceptors (Lipinski definition) is 5. The van der Waals surface area contributed by atoms with Crippen LogP contribution < -0.4 is 15.6 Å². The number of carbonyl (C=O) groups is 1. The fourth-order valence-corrected chi connectivity index (χ4v) is 4.33. The van der Waals surface area contributed by atoms with E-state index in [0.29, 0.717) is 23.2 Å². The van der Waals surface area contributed by atoms with Crippen molar-refractivity contribution in [1.29, 1.82) is 0 Å². The number of benzene rings is 1. The van der Waals surface area contributed by atoms with Gasteiger partial charge in [0, 0.05) is 12.1 Å². The fourth-order valence-electron chi connectivity index (χ4n) is 4.33. The number of amides is 1. The quantitative estimate of drug-likeness (QED) is 0.543. The summed E-state index contributed by atoms with van der Waals surface area (Å²) < 4.78 is 5.86. The molecule has 0 unspecified atom stereocenters. The number of ether oxygens (including phenoxy) is 1. The highest BCUT2D eigenvalue weighted by molar-refractivity contribution is 5.91. The molecule has 0 aliphatic heterocycles. The van der Waals surface area contributed by atoms with Gasteiger partial charge in [-0.05, 0) is 55.2 Å². The summed E-state index contributed by atoms with van der Waals surface area (Å²) in [5.41, 5.74) is 1.27. The van der Waals surface area contributed by atoms with Gasteiger partial charge in [-0.1, -0.05) is 50.2 Å². The Bertz CT molecular complexity index is 1120. The molecule has 1 saturated carbocycles. The molecule has 0 bridgehead atoms. The second-order valence-corrected chi connectivity index (χ2v) is 8.93. The van der Waals surface area contributed by atoms with Gasteiger partial charge in [-0.3, -0.25) is 24.9 Å². The minimum atomic E-state index is -0.458. The van der Waals surface area contributed by atoms with Crippen LogP contribution in [-0.4, -0.2) is 20.9 Å². The lowest BCUT2D eigenvalue weighted by Crippen LogP contribution is -2.30. The van der Waals surface area contributed by atoms with Crippen molar-refractivity contribution in [2.24, 2.45) is 17.8 Å². The first kappa shape index (κ1) is 22.7. The average Bonchev–Trinajstić information content (AvgIpc) is 2.84. The van der Waals surface area contributed by atoms with Crippen LogP contribution in [-0.2, 0) is 11.4 Å². The van der Waals surface area contributed by atoms with Gasteiger partial charge in [0.25, 0.3) is 5.56 Å². The lowest BCUT2D eigenvalue weighted by atomic mass is 9.77. The largest absolute Gasteiger partial charge is 0.481 e. The maximum atomic E-state index is 12.9. The second-order valence-electron chi connectivity index (χ2n) is 8.93. The average molecular weight is 447 g/mol. The number of H-pyrrole nitrogens is 1. The zero-order chi connectivity index (χ0) is 23.2. The molecule has 1 amide bonds. The van der Waals surface area contributed by atoms with Gasteiger partial charge in [0.2, 0.25) is 17.6 Å². The normalized spacial score (nSPS) is 18.2. The highest BCUT2D eigenvalue weighted by atomic mass is 16.5. The smallest absolute Gasteiger partial charge is 0.295 e. The molecule has 172 valence electrons. The molecule has 7 heteroatoms. The molecule has 0 radical (unpaired) electrons. The number of aromatic amines is 1. The molecule has 0 spiro atoms. The van der Waals surface area contributed by atoms with Gasteiger partial charge in [0.15, 0.2) is 0 Å². The van der Waals surface area contributed by atoms with E-state index < -0.39 is 5.56 Å². The van der Waals surface area contributed by atoms with Crippen LogP contribution in [0, 0.1) is 17.8 Å². The van der Waals surface area contributed by atoms with Crippen LogP contribution >= 0.6 is 0 Å². The predicted molar refractivity (Wildman–Crippen MR) is 128 cm³/mol. The van der Waals surface area contributed by atoms with Crippen molar-refractivity contribution in [3.05, 3.63) is 70.6 Å². The zero-order valence-electron chi connectivity index (χ0n) is 19.1. The van der Waals surface area contributed by atoms with Crippen molar-refractivity contribution in [2.75, 3.05) is 5.32 Å². The fraction of sp³-hybridized carbons (Fsp3) is 0.385. The number of hydrogen-bond donors (Lipinski definition) is 2. The highest BCUT2D eigenvalue weighted by Gasteiger charge is 2.28. The molecule has 1 fully saturated rings. The lowest BCUT2D eigenvalue weighted by Gasteiger charge is -2.30. The summed E-state index contributed by atoms with van der Waals surface area (Å²) in [6.07, 6.45) is 5.43. The number of carbonyl (C=O) groups excluding carboxylic acids is 1. The Hall–Kier alpha value is -3.48. The third-order valence-corrected chi connectivity index (χ3v) is 6.34. The van der Waals surface area contributed by atoms with E-state index in [9.17, 15) is 9.59 Å². The molecular formula is C26H30N4O3. The van der Waals surface area contributed by atoms with E-state index in [2.05, 4.69) is 34.1 Å². The van der Waals surface area contributed by atoms with Crippen LogP contribution in [0.25, 0.3) is 11.4 Å². The van der Waals surface area contributed by atoms with E-state index in [1.54, 1.807) is 18.3 Å². The van der Waals surface area contributed by atoms with Crippen molar-refractivity contribution in [2.45, 2.75) is 46.1 Å². The molecule has 1 aliphatic carbocycles. The molecule has 0 saturated heterocycles. The Morgan fingerprint density at radius 3 is 2.48 bits per heavy atom. The molecule has 1 aliphatic rings. The van der Waals surface area contributed by atoms with Crippen molar-refractivity contribution in [1.82, 2.24) is 15.0 Å². The van der Waals surface area contributed by atoms with Crippen molar-refractivity contribution >= 4 is 11.9 Å². The van der Waals surface area contributed by atoms with Crippen LogP contribution in [0.15, 0.2) is 59.5 Å². The van der Waals surface area contributed by atoms with Crippen LogP contribution in [0.4, 0.5) is 5.95 Å². The third kappa shape index (κ3) is 5.66. The Kier molecular flexibility index (Phi) is 7.17. The number of nitrogens with one attached hydrogen (secondary N) is 2. The predicted octanol–water partition coefficient (Wildman–Crippen LogP) is 4.81. The van der Waals surface area contributed by atoms with Crippen LogP contribution in [0.5, 0.6) is 5.75 Å². The van der Waals surface area contributed by atoms with E-state index in [1.807, 2.05) is 36.4 Å². The van der Waals surface area contributed by atoms with E-state index >= 15 is 0 Å². The molecule has 3 aromatic rings. The molecule has 33 heavy (non-hydrogen) atoms. The zero-order valence-corrected chi connectivity index (χ0v) is 19.1. The second kappa shape index (κ2) is 10.4. The van der Waals surface area contributed by atoms with Gasteiger partial charge in [-0.25, -0.2) is 4.98 Å². The van der Waals surface area contributed by atoms with Crippen molar-refractivity contribution < 1.29 is 9.53 Å². The van der Waals surface area contributed by atoms with E-state index in [-0.39, 0.29) is 30.1 Å². The summed E-state index contributed by atoms with van der Waals surface area (Å²) in [5, 5.41) is 2.82. The number of aromatic nitrogens is 3. The molecule has 0 atom stereocenters. The monoisotopic (exact) mass is 446 g/mol. The molecule has 1 aromatic carbocycles. The number of pyridine rings is 1. The highest BCUT2D eigenvalue weighted by Crippen LogP contribution is 2.34. The van der Waals surface area contributed by atoms with Crippen LogP contribution in [0.3, 0.4) is 0 Å². The first-order valence-electron chi connectivity index (χ1n) is 11.5. The van der Waals surface area contributed by atoms with Gasteiger partial charge in [-0.2, -0.15) is 0 Å². The summed E-state index contributed by atoms with van der Waals surface area (Å²) in [6.45, 7) is 4.69. The summed E-state index contributed by atoms with van der Waals surface area (Å²) in [6, 6.07) is 15.0. The van der Waals surface area contributed by atoms with Crippen molar-refractivity contribution in [3.63, 3.8) is 0 Å². The number of nitrogens with zero attached hydrogens (tertiary/aromatic N) is 2. The van der Waals surface area contributed by atoms with E-state index in [0.717, 1.165) is 31.2 Å². The third-order valence-electron chi connectivity index (χ3n) is 6.34. The molecule has 2 heterocycles. The summed E-state index contributed by atoms with van der Waals surface area (Å²) >= 11 is 0. The Labute approximate surface area is 193 Å². The number of rotatable bonds is 7. The van der Waals surface area contributed by atoms with Gasteiger partial charge < -0.3 is 4.74 Å². The minimum Gasteiger partial charge on any atom is -0.481 e. The standard InChI is InChI=1S/C26H30N4O3/c1-17(2)19-11-13-20(14-12-19)24(31)29-26-28-22(21-10-6-7-15-27-21)23(25(32)30-26)33-16-18-8-4-3-5-9-18/h3-10,15,17,19-20H,11-14,16H2,1-2H3,(H2,28,29,30,31,32). The number of anilines is 1. The maximum absolute atomic E-state index is 12.9. The van der Waals surface area contributed by atoms with Crippen molar-refractivity contribution in [3.8, 4) is 17.1 Å². The molecular weight excluding hydrogens is 416 g/mol. The van der Waals surface area contributed by atoms with E-state index in [4.69, 9.17) is 4.74 Å². The first-order chi connectivity index (χ1) is 16.0. The minimum absolute atomic E-state index is 0.0717.